The van der Waals surface area contributed by atoms with E-state index in [-0.39, 0.29) is 5.91 Å². The number of rotatable bonds is 7. The highest BCUT2D eigenvalue weighted by Crippen LogP contribution is 2.23. The van der Waals surface area contributed by atoms with Crippen molar-refractivity contribution in [2.24, 2.45) is 5.73 Å². The molecule has 0 bridgehead atoms. The van der Waals surface area contributed by atoms with Crippen LogP contribution in [0.3, 0.4) is 0 Å². The SMILES string of the molecule is COC(=O)[C@H]1C[C@@H](NC(=O)[C@@H](N)Cc2ccccc2)N(Cc2ccccc2)O1. The van der Waals surface area contributed by atoms with Gasteiger partial charge in [-0.2, -0.15) is 5.06 Å². The van der Waals surface area contributed by atoms with Crippen LogP contribution in [-0.2, 0) is 32.1 Å². The first kappa shape index (κ1) is 20.0. The zero-order chi connectivity index (χ0) is 19.9. The average molecular weight is 383 g/mol. The number of nitrogens with one attached hydrogen (secondary N) is 1. The van der Waals surface area contributed by atoms with Crippen molar-refractivity contribution in [2.75, 3.05) is 7.11 Å². The topological polar surface area (TPSA) is 93.9 Å². The van der Waals surface area contributed by atoms with Crippen molar-refractivity contribution in [1.29, 1.82) is 0 Å². The molecule has 7 nitrogen and oxygen atoms in total. The summed E-state index contributed by atoms with van der Waals surface area (Å²) in [5.74, 6) is -0.760. The largest absolute Gasteiger partial charge is 0.467 e. The molecule has 0 radical (unpaired) electrons. The molecular formula is C21H25N3O4. The minimum atomic E-state index is -0.760. The molecular weight excluding hydrogens is 358 g/mol. The van der Waals surface area contributed by atoms with E-state index in [9.17, 15) is 9.59 Å². The fourth-order valence-corrected chi connectivity index (χ4v) is 3.14. The van der Waals surface area contributed by atoms with Gasteiger partial charge in [0.05, 0.1) is 19.7 Å². The van der Waals surface area contributed by atoms with Gasteiger partial charge < -0.3 is 15.8 Å². The highest BCUT2D eigenvalue weighted by atomic mass is 16.7. The Labute approximate surface area is 164 Å². The van der Waals surface area contributed by atoms with E-state index in [0.29, 0.717) is 19.4 Å². The molecule has 148 valence electrons. The molecule has 0 spiro atoms. The number of nitrogens with zero attached hydrogens (tertiary/aromatic N) is 1. The Morgan fingerprint density at radius 2 is 1.75 bits per heavy atom. The zero-order valence-electron chi connectivity index (χ0n) is 15.8. The van der Waals surface area contributed by atoms with Gasteiger partial charge in [0.25, 0.3) is 0 Å². The van der Waals surface area contributed by atoms with Gasteiger partial charge in [0.2, 0.25) is 5.91 Å². The summed E-state index contributed by atoms with van der Waals surface area (Å²) in [6.07, 6.45) is -0.508. The van der Waals surface area contributed by atoms with E-state index in [2.05, 4.69) is 5.32 Å². The van der Waals surface area contributed by atoms with Crippen molar-refractivity contribution < 1.29 is 19.2 Å². The molecule has 0 aliphatic carbocycles. The van der Waals surface area contributed by atoms with Crippen LogP contribution in [0.15, 0.2) is 60.7 Å². The Balaban J connectivity index is 1.65. The van der Waals surface area contributed by atoms with Crippen molar-refractivity contribution in [3.8, 4) is 0 Å². The highest BCUT2D eigenvalue weighted by Gasteiger charge is 2.39. The summed E-state index contributed by atoms with van der Waals surface area (Å²) in [4.78, 5) is 30.3. The zero-order valence-corrected chi connectivity index (χ0v) is 15.8. The third-order valence-electron chi connectivity index (χ3n) is 4.64. The third-order valence-corrected chi connectivity index (χ3v) is 4.64. The number of methoxy groups -OCH3 is 1. The Kier molecular flexibility index (Phi) is 6.76. The van der Waals surface area contributed by atoms with Gasteiger partial charge in [-0.1, -0.05) is 60.7 Å². The summed E-state index contributed by atoms with van der Waals surface area (Å²) in [6.45, 7) is 0.424. The molecule has 1 heterocycles. The van der Waals surface area contributed by atoms with Crippen molar-refractivity contribution >= 4 is 11.9 Å². The monoisotopic (exact) mass is 383 g/mol. The van der Waals surface area contributed by atoms with Gasteiger partial charge in [0.15, 0.2) is 6.10 Å². The van der Waals surface area contributed by atoms with Crippen LogP contribution in [0.5, 0.6) is 0 Å². The van der Waals surface area contributed by atoms with Gasteiger partial charge in [-0.05, 0) is 17.5 Å². The summed E-state index contributed by atoms with van der Waals surface area (Å²) in [5, 5.41) is 4.51. The number of benzene rings is 2. The van der Waals surface area contributed by atoms with Gasteiger partial charge in [-0.15, -0.1) is 0 Å². The second kappa shape index (κ2) is 9.45. The van der Waals surface area contributed by atoms with Crippen LogP contribution >= 0.6 is 0 Å². The van der Waals surface area contributed by atoms with Crippen LogP contribution in [-0.4, -0.2) is 42.4 Å². The molecule has 1 aliphatic rings. The minimum absolute atomic E-state index is 0.291. The Morgan fingerprint density at radius 3 is 2.36 bits per heavy atom. The summed E-state index contributed by atoms with van der Waals surface area (Å²) >= 11 is 0. The summed E-state index contributed by atoms with van der Waals surface area (Å²) < 4.78 is 4.78. The minimum Gasteiger partial charge on any atom is -0.467 e. The second-order valence-electron chi connectivity index (χ2n) is 6.73. The fraction of sp³-hybridized carbons (Fsp3) is 0.333. The fourth-order valence-electron chi connectivity index (χ4n) is 3.14. The molecule has 0 saturated carbocycles. The van der Waals surface area contributed by atoms with E-state index in [1.165, 1.54) is 7.11 Å². The normalized spacial score (nSPS) is 20.5. The molecule has 1 amide bonds. The standard InChI is InChI=1S/C21H25N3O4/c1-27-21(26)18-13-19(24(28-18)14-16-10-6-3-7-11-16)23-20(25)17(22)12-15-8-4-2-5-9-15/h2-11,17-19H,12-14,22H2,1H3,(H,23,25)/t17-,18+,19-/m0/s1. The number of nitrogens with two attached hydrogens (primary N) is 1. The maximum Gasteiger partial charge on any atom is 0.337 e. The highest BCUT2D eigenvalue weighted by molar-refractivity contribution is 5.82. The van der Waals surface area contributed by atoms with Gasteiger partial charge >= 0.3 is 5.97 Å². The molecule has 3 atom stereocenters. The van der Waals surface area contributed by atoms with E-state index in [1.54, 1.807) is 5.06 Å². The maximum atomic E-state index is 12.6. The Morgan fingerprint density at radius 1 is 1.14 bits per heavy atom. The van der Waals surface area contributed by atoms with E-state index >= 15 is 0 Å². The van der Waals surface area contributed by atoms with Gasteiger partial charge in [0.1, 0.15) is 6.17 Å². The van der Waals surface area contributed by atoms with Crippen LogP contribution in [0.25, 0.3) is 0 Å². The van der Waals surface area contributed by atoms with Crippen LogP contribution in [0, 0.1) is 0 Å². The number of hydroxylamine groups is 2. The van der Waals surface area contributed by atoms with Crippen LogP contribution in [0.1, 0.15) is 17.5 Å². The number of amides is 1. The molecule has 1 aliphatic heterocycles. The molecule has 1 saturated heterocycles. The first-order chi connectivity index (χ1) is 13.6. The van der Waals surface area contributed by atoms with Crippen molar-refractivity contribution in [1.82, 2.24) is 10.4 Å². The van der Waals surface area contributed by atoms with E-state index in [0.717, 1.165) is 11.1 Å². The number of ether oxygens (including phenoxy) is 1. The maximum absolute atomic E-state index is 12.6. The first-order valence-corrected chi connectivity index (χ1v) is 9.22. The summed E-state index contributed by atoms with van der Waals surface area (Å²) in [6, 6.07) is 18.6. The lowest BCUT2D eigenvalue weighted by Gasteiger charge is -2.24. The number of esters is 1. The first-order valence-electron chi connectivity index (χ1n) is 9.22. The number of carbonyl (C=O) groups is 2. The molecule has 2 aromatic carbocycles. The Hall–Kier alpha value is -2.74. The molecule has 3 N–H and O–H groups in total. The lowest BCUT2D eigenvalue weighted by atomic mass is 10.1. The van der Waals surface area contributed by atoms with Crippen LogP contribution in [0.4, 0.5) is 0 Å². The molecule has 2 aromatic rings. The quantitative estimate of drug-likeness (QED) is 0.702. The average Bonchev–Trinajstić information content (AvgIpc) is 3.11. The third kappa shape index (κ3) is 5.16. The molecule has 3 rings (SSSR count). The summed E-state index contributed by atoms with van der Waals surface area (Å²) in [5.41, 5.74) is 8.07. The molecule has 1 fully saturated rings. The smallest absolute Gasteiger partial charge is 0.337 e. The second-order valence-corrected chi connectivity index (χ2v) is 6.73. The molecule has 0 aromatic heterocycles. The molecule has 0 unspecified atom stereocenters. The van der Waals surface area contributed by atoms with Crippen LogP contribution in [0.2, 0.25) is 0 Å². The van der Waals surface area contributed by atoms with Crippen molar-refractivity contribution in [3.63, 3.8) is 0 Å². The van der Waals surface area contributed by atoms with E-state index in [4.69, 9.17) is 15.3 Å². The van der Waals surface area contributed by atoms with Crippen molar-refractivity contribution in [2.45, 2.75) is 37.7 Å². The predicted molar refractivity (Wildman–Crippen MR) is 104 cm³/mol. The predicted octanol–water partition coefficient (Wildman–Crippen LogP) is 1.38. The van der Waals surface area contributed by atoms with Crippen molar-refractivity contribution in [3.05, 3.63) is 71.8 Å². The van der Waals surface area contributed by atoms with E-state index in [1.807, 2.05) is 60.7 Å². The number of carbonyl (C=O) groups excluding carboxylic acids is 2. The number of hydrogen-bond donors (Lipinski definition) is 2. The van der Waals surface area contributed by atoms with Gasteiger partial charge in [-0.3, -0.25) is 9.63 Å². The molecule has 28 heavy (non-hydrogen) atoms. The summed E-state index contributed by atoms with van der Waals surface area (Å²) in [7, 11) is 1.31. The Bertz CT molecular complexity index is 785. The van der Waals surface area contributed by atoms with Crippen LogP contribution < -0.4 is 11.1 Å². The number of hydrogen-bond acceptors (Lipinski definition) is 6. The molecule has 7 heteroatoms. The lowest BCUT2D eigenvalue weighted by Crippen LogP contribution is -2.50. The van der Waals surface area contributed by atoms with Gasteiger partial charge in [0, 0.05) is 6.42 Å². The lowest BCUT2D eigenvalue weighted by molar-refractivity contribution is -0.193. The van der Waals surface area contributed by atoms with Gasteiger partial charge in [-0.25, -0.2) is 4.79 Å². The van der Waals surface area contributed by atoms with E-state index < -0.39 is 24.3 Å².